The van der Waals surface area contributed by atoms with E-state index in [1.807, 2.05) is 144 Å². The Kier molecular flexibility index (Phi) is 35.3. The fourth-order valence-electron chi connectivity index (χ4n) is 9.90. The van der Waals surface area contributed by atoms with Crippen molar-refractivity contribution in [3.8, 4) is 23.0 Å². The number of benzene rings is 8. The summed E-state index contributed by atoms with van der Waals surface area (Å²) >= 11 is 0. The highest BCUT2D eigenvalue weighted by Gasteiger charge is 2.23. The van der Waals surface area contributed by atoms with Crippen molar-refractivity contribution < 1.29 is 73.5 Å². The molecular weight excluding hydrogens is 1240 g/mol. The number of ether oxygens (including phenoxy) is 3. The molecule has 7 N–H and O–H groups in total. The highest BCUT2D eigenvalue weighted by atomic mass is 17.1. The normalized spacial score (nSPS) is 11.3. The summed E-state index contributed by atoms with van der Waals surface area (Å²) in [7, 11) is 0. The third-order valence-electron chi connectivity index (χ3n) is 14.9. The Bertz CT molecular complexity index is 3600. The number of amides is 3. The lowest BCUT2D eigenvalue weighted by Crippen LogP contribution is -2.48. The molecule has 0 spiro atoms. The van der Waals surface area contributed by atoms with Crippen LogP contribution in [-0.2, 0) is 67.5 Å². The van der Waals surface area contributed by atoms with Gasteiger partial charge in [0.25, 0.3) is 0 Å². The van der Waals surface area contributed by atoms with Gasteiger partial charge in [-0.15, -0.1) is 0 Å². The molecule has 0 aliphatic carbocycles. The van der Waals surface area contributed by atoms with Gasteiger partial charge in [0.2, 0.25) is 17.7 Å². The summed E-state index contributed by atoms with van der Waals surface area (Å²) in [6.07, 6.45) is 5.66. The minimum absolute atomic E-state index is 0.00624. The number of phenolic OH excluding ortho intramolecular Hbond substituents is 1. The van der Waals surface area contributed by atoms with Crippen LogP contribution in [0.2, 0.25) is 0 Å². The fraction of sp³-hybridized carbons (Fsp3) is 0.325. The first-order chi connectivity index (χ1) is 47.2. The van der Waals surface area contributed by atoms with Crippen LogP contribution in [0.25, 0.3) is 0 Å². The van der Waals surface area contributed by atoms with E-state index in [0.29, 0.717) is 58.7 Å². The number of carboxylic acids is 1. The Morgan fingerprint density at radius 3 is 1.15 bits per heavy atom. The molecule has 0 bridgehead atoms. The maximum atomic E-state index is 13.1. The lowest BCUT2D eigenvalue weighted by atomic mass is 9.97. The molecular formula is C80H95N3O15. The molecule has 8 rings (SSSR count). The summed E-state index contributed by atoms with van der Waals surface area (Å²) < 4.78 is 16.8. The number of aryl methyl sites for hydroxylation is 2. The van der Waals surface area contributed by atoms with E-state index in [0.717, 1.165) is 53.9 Å². The van der Waals surface area contributed by atoms with Crippen LogP contribution in [0.15, 0.2) is 206 Å². The van der Waals surface area contributed by atoms with Crippen LogP contribution in [0.1, 0.15) is 139 Å². The molecule has 2 atom stereocenters. The van der Waals surface area contributed by atoms with E-state index in [4.69, 9.17) is 34.9 Å². The molecule has 18 heteroatoms. The van der Waals surface area contributed by atoms with E-state index in [2.05, 4.69) is 51.7 Å². The van der Waals surface area contributed by atoms with Crippen LogP contribution in [0.5, 0.6) is 23.0 Å². The van der Waals surface area contributed by atoms with Crippen LogP contribution >= 0.6 is 0 Å². The summed E-state index contributed by atoms with van der Waals surface area (Å²) in [6, 6.07) is 62.1. The van der Waals surface area contributed by atoms with E-state index >= 15 is 0 Å². The third-order valence-corrected chi connectivity index (χ3v) is 14.9. The predicted molar refractivity (Wildman–Crippen MR) is 380 cm³/mol. The Labute approximate surface area is 576 Å². The Morgan fingerprint density at radius 1 is 0.408 bits per heavy atom. The van der Waals surface area contributed by atoms with Gasteiger partial charge in [0.15, 0.2) is 17.7 Å². The topological polar surface area (TPSA) is 266 Å². The van der Waals surface area contributed by atoms with Crippen molar-refractivity contribution in [2.24, 2.45) is 5.92 Å². The lowest BCUT2D eigenvalue weighted by Gasteiger charge is -2.19. The number of nitrogens with one attached hydrogen (secondary N) is 3. The van der Waals surface area contributed by atoms with Crippen LogP contribution in [0.4, 0.5) is 0 Å². The monoisotopic (exact) mass is 1340 g/mol. The average Bonchev–Trinajstić information content (AvgIpc) is 0.890. The van der Waals surface area contributed by atoms with Crippen molar-refractivity contribution in [2.75, 3.05) is 26.3 Å². The number of hydrogen-bond donors (Lipinski definition) is 7. The Hall–Kier alpha value is -9.98. The highest BCUT2D eigenvalue weighted by Crippen LogP contribution is 2.20. The fourth-order valence-corrected chi connectivity index (χ4v) is 9.90. The molecule has 0 aliphatic rings. The van der Waals surface area contributed by atoms with E-state index in [9.17, 15) is 28.8 Å². The van der Waals surface area contributed by atoms with Crippen LogP contribution in [0, 0.1) is 5.92 Å². The van der Waals surface area contributed by atoms with Crippen molar-refractivity contribution in [2.45, 2.75) is 137 Å². The van der Waals surface area contributed by atoms with Crippen molar-refractivity contribution in [3.05, 3.63) is 262 Å². The number of phenols is 1. The summed E-state index contributed by atoms with van der Waals surface area (Å²) in [5.74, 6) is 0.259. The van der Waals surface area contributed by atoms with Gasteiger partial charge in [0.05, 0.1) is 18.6 Å². The predicted octanol–water partition coefficient (Wildman–Crippen LogP) is 13.9. The standard InChI is InChI=1S/C31H34N2O10.C28H31NO3.C12H18O.C9H12O/c34-28(14-15-29(35)36)33-27(18-22-6-10-24(11-7-22)30(37)23-4-2-1-3-5-23)31(38)32-17-16-21-8-12-25(13-9-21)43-26(19-41-39)20-42-40;1-20(2)32-26-15-11-22(12-16-26)17-18-29-28(31)21(3)19-23-9-13-25(14-10-23)27(30)24-7-5-4-6-8-24;1-4-5-11-6-8-12(9-7-11)13-10(2)3;1-2-3-8-4-6-9(10)7-5-8/h1-13,26-27,39-40H,14-20H2,(H,32,38)(H,33,34)(H,35,36);4-16,20-21H,17-19H2,1-3H3,(H,29,31);6-10H,4-5H2,1-3H3;4-7,10H,2-3H2,1H3. The number of hydrogen-bond acceptors (Lipinski definition) is 14. The number of aromatic hydroxyl groups is 1. The number of rotatable bonds is 34. The first-order valence-corrected chi connectivity index (χ1v) is 33.3. The number of carbonyl (C=O) groups is 6. The van der Waals surface area contributed by atoms with Crippen LogP contribution < -0.4 is 30.2 Å². The number of carbonyl (C=O) groups excluding carboxylic acids is 5. The molecule has 0 heterocycles. The van der Waals surface area contributed by atoms with Gasteiger partial charge >= 0.3 is 5.97 Å². The molecule has 0 saturated heterocycles. The Morgan fingerprint density at radius 2 is 0.765 bits per heavy atom. The van der Waals surface area contributed by atoms with Gasteiger partial charge in [0, 0.05) is 54.1 Å². The van der Waals surface area contributed by atoms with Gasteiger partial charge in [-0.1, -0.05) is 191 Å². The number of carboxylic acid groups (broad SMARTS) is 1. The van der Waals surface area contributed by atoms with Gasteiger partial charge in [-0.25, -0.2) is 9.78 Å². The molecule has 98 heavy (non-hydrogen) atoms. The summed E-state index contributed by atoms with van der Waals surface area (Å²) in [6.45, 7) is 14.8. The van der Waals surface area contributed by atoms with Crippen molar-refractivity contribution in [1.29, 1.82) is 0 Å². The zero-order chi connectivity index (χ0) is 71.0. The highest BCUT2D eigenvalue weighted by molar-refractivity contribution is 6.09. The zero-order valence-electron chi connectivity index (χ0n) is 57.2. The van der Waals surface area contributed by atoms with Gasteiger partial charge in [0.1, 0.15) is 42.3 Å². The summed E-state index contributed by atoms with van der Waals surface area (Å²) in [5.41, 5.74) is 8.83. The molecule has 2 unspecified atom stereocenters. The maximum Gasteiger partial charge on any atom is 0.303 e. The zero-order valence-corrected chi connectivity index (χ0v) is 57.2. The second-order valence-corrected chi connectivity index (χ2v) is 24.0. The minimum atomic E-state index is -1.12. The molecule has 0 aliphatic heterocycles. The molecule has 0 radical (unpaired) electrons. The molecule has 8 aromatic carbocycles. The van der Waals surface area contributed by atoms with E-state index in [-0.39, 0.29) is 74.6 Å². The second-order valence-electron chi connectivity index (χ2n) is 24.0. The average molecular weight is 1340 g/mol. The van der Waals surface area contributed by atoms with Crippen molar-refractivity contribution in [3.63, 3.8) is 0 Å². The first kappa shape index (κ1) is 78.7. The van der Waals surface area contributed by atoms with E-state index < -0.39 is 29.9 Å². The molecule has 3 amide bonds. The third kappa shape index (κ3) is 30.4. The summed E-state index contributed by atoms with van der Waals surface area (Å²) in [5, 5.41) is 43.5. The maximum absolute atomic E-state index is 13.1. The van der Waals surface area contributed by atoms with Crippen molar-refractivity contribution >= 4 is 35.3 Å². The molecule has 0 fully saturated rings. The molecule has 520 valence electrons. The SMILES string of the molecule is CC(C)Oc1ccc(CCNC(=O)C(C)Cc2ccc(C(=O)c3ccccc3)cc2)cc1.CCCc1ccc(O)cc1.CCCc1ccc(OC(C)C)cc1.O=C(O)CCC(=O)NC(Cc1ccc(C(=O)c2ccccc2)cc1)C(=O)NCCc1ccc(OC(COO)COO)cc1. The van der Waals surface area contributed by atoms with Gasteiger partial charge in [-0.3, -0.25) is 39.3 Å². The van der Waals surface area contributed by atoms with E-state index in [1.165, 1.54) is 17.5 Å². The van der Waals surface area contributed by atoms with Crippen LogP contribution in [0.3, 0.4) is 0 Å². The smallest absolute Gasteiger partial charge is 0.303 e. The lowest BCUT2D eigenvalue weighted by molar-refractivity contribution is -0.286. The molecule has 0 aromatic heterocycles. The van der Waals surface area contributed by atoms with E-state index in [1.54, 1.807) is 84.9 Å². The largest absolute Gasteiger partial charge is 0.508 e. The number of aliphatic carboxylic acids is 1. The summed E-state index contributed by atoms with van der Waals surface area (Å²) in [4.78, 5) is 82.2. The minimum Gasteiger partial charge on any atom is -0.508 e. The number of ketones is 2. The first-order valence-electron chi connectivity index (χ1n) is 33.3. The second kappa shape index (κ2) is 44.0. The van der Waals surface area contributed by atoms with Crippen molar-refractivity contribution in [1.82, 2.24) is 16.0 Å². The van der Waals surface area contributed by atoms with Crippen LogP contribution in [-0.4, -0.2) is 107 Å². The van der Waals surface area contributed by atoms with Gasteiger partial charge < -0.3 is 40.4 Å². The van der Waals surface area contributed by atoms with Gasteiger partial charge in [-0.2, -0.15) is 0 Å². The Balaban J connectivity index is 0.000000272. The molecule has 18 nitrogen and oxygen atoms in total. The molecule has 8 aromatic rings. The van der Waals surface area contributed by atoms with Gasteiger partial charge in [-0.05, 0) is 142 Å². The quantitative estimate of drug-likeness (QED) is 0.0112. The molecule has 0 saturated carbocycles.